The minimum Gasteiger partial charge on any atom is -0.379 e. The number of nitrogens with zero attached hydrogens (tertiary/aromatic N) is 2. The van der Waals surface area contributed by atoms with Gasteiger partial charge in [-0.2, -0.15) is 0 Å². The van der Waals surface area contributed by atoms with Crippen LogP contribution < -0.4 is 5.32 Å². The summed E-state index contributed by atoms with van der Waals surface area (Å²) in [4.78, 5) is 6.85. The molecule has 0 amide bonds. The van der Waals surface area contributed by atoms with Gasteiger partial charge in [0.1, 0.15) is 5.01 Å². The van der Waals surface area contributed by atoms with Crippen LogP contribution in [-0.4, -0.2) is 49.3 Å². The minimum atomic E-state index is 0.881. The maximum Gasteiger partial charge on any atom is 0.107 e. The van der Waals surface area contributed by atoms with Crippen LogP contribution in [-0.2, 0) is 11.3 Å². The van der Waals surface area contributed by atoms with Crippen LogP contribution in [0.15, 0.2) is 5.38 Å². The maximum absolute atomic E-state index is 5.31. The van der Waals surface area contributed by atoms with Gasteiger partial charge in [0.2, 0.25) is 0 Å². The lowest BCUT2D eigenvalue weighted by molar-refractivity contribution is 0.0384. The van der Waals surface area contributed by atoms with Gasteiger partial charge in [-0.1, -0.05) is 0 Å². The normalized spacial score (nSPS) is 17.8. The summed E-state index contributed by atoms with van der Waals surface area (Å²) in [6.45, 7) is 8.95. The molecule has 1 N–H and O–H groups in total. The van der Waals surface area contributed by atoms with E-state index in [4.69, 9.17) is 4.74 Å². The molecule has 1 fully saturated rings. The van der Waals surface area contributed by atoms with Crippen LogP contribution in [0.5, 0.6) is 0 Å². The van der Waals surface area contributed by atoms with E-state index in [1.54, 1.807) is 11.3 Å². The molecule has 1 aromatic rings. The zero-order valence-electron chi connectivity index (χ0n) is 9.74. The van der Waals surface area contributed by atoms with Crippen molar-refractivity contribution in [2.24, 2.45) is 0 Å². The Balaban J connectivity index is 1.57. The molecule has 0 spiro atoms. The molecular formula is C11H19N3OS. The van der Waals surface area contributed by atoms with E-state index in [1.807, 2.05) is 6.92 Å². The summed E-state index contributed by atoms with van der Waals surface area (Å²) in [6, 6.07) is 0. The maximum atomic E-state index is 5.31. The second kappa shape index (κ2) is 6.30. The van der Waals surface area contributed by atoms with Crippen molar-refractivity contribution in [3.8, 4) is 0 Å². The fourth-order valence-corrected chi connectivity index (χ4v) is 2.48. The lowest BCUT2D eigenvalue weighted by Gasteiger charge is -2.26. The quantitative estimate of drug-likeness (QED) is 0.776. The number of aryl methyl sites for hydroxylation is 1. The second-order valence-electron chi connectivity index (χ2n) is 4.01. The molecule has 0 bridgehead atoms. The molecule has 2 heterocycles. The van der Waals surface area contributed by atoms with Crippen LogP contribution in [0.1, 0.15) is 10.7 Å². The number of ether oxygens (including phenoxy) is 1. The van der Waals surface area contributed by atoms with Crippen LogP contribution >= 0.6 is 11.3 Å². The van der Waals surface area contributed by atoms with Crippen LogP contribution in [0.2, 0.25) is 0 Å². The van der Waals surface area contributed by atoms with Crippen molar-refractivity contribution in [1.82, 2.24) is 15.2 Å². The molecular weight excluding hydrogens is 222 g/mol. The van der Waals surface area contributed by atoms with Crippen molar-refractivity contribution < 1.29 is 4.74 Å². The molecule has 1 aromatic heterocycles. The molecule has 0 saturated carbocycles. The number of rotatable bonds is 5. The van der Waals surface area contributed by atoms with Crippen molar-refractivity contribution in [1.29, 1.82) is 0 Å². The van der Waals surface area contributed by atoms with Gasteiger partial charge in [0.25, 0.3) is 0 Å². The summed E-state index contributed by atoms with van der Waals surface area (Å²) in [5.74, 6) is 0. The first-order valence-electron chi connectivity index (χ1n) is 5.76. The summed E-state index contributed by atoms with van der Waals surface area (Å²) in [6.07, 6.45) is 0. The molecule has 16 heavy (non-hydrogen) atoms. The summed E-state index contributed by atoms with van der Waals surface area (Å²) in [5, 5.41) is 6.70. The molecule has 1 saturated heterocycles. The van der Waals surface area contributed by atoms with E-state index in [1.165, 1.54) is 5.01 Å². The summed E-state index contributed by atoms with van der Waals surface area (Å²) < 4.78 is 5.31. The van der Waals surface area contributed by atoms with E-state index in [-0.39, 0.29) is 0 Å². The predicted molar refractivity (Wildman–Crippen MR) is 65.8 cm³/mol. The Morgan fingerprint density at radius 3 is 3.00 bits per heavy atom. The first-order valence-corrected chi connectivity index (χ1v) is 6.64. The molecule has 90 valence electrons. The van der Waals surface area contributed by atoms with E-state index in [9.17, 15) is 0 Å². The third kappa shape index (κ3) is 3.83. The van der Waals surface area contributed by atoms with E-state index in [0.29, 0.717) is 0 Å². The summed E-state index contributed by atoms with van der Waals surface area (Å²) in [5.41, 5.74) is 1.12. The molecule has 1 aliphatic heterocycles. The molecule has 0 radical (unpaired) electrons. The molecule has 0 aliphatic carbocycles. The average Bonchev–Trinajstić information content (AvgIpc) is 2.72. The van der Waals surface area contributed by atoms with Crippen LogP contribution in [0.4, 0.5) is 0 Å². The molecule has 2 rings (SSSR count). The first-order chi connectivity index (χ1) is 7.84. The molecule has 1 aliphatic rings. The number of thiazole rings is 1. The summed E-state index contributed by atoms with van der Waals surface area (Å²) >= 11 is 1.73. The highest BCUT2D eigenvalue weighted by Crippen LogP contribution is 2.07. The lowest BCUT2D eigenvalue weighted by Crippen LogP contribution is -2.40. The van der Waals surface area contributed by atoms with Crippen molar-refractivity contribution in [2.75, 3.05) is 39.4 Å². The lowest BCUT2D eigenvalue weighted by atomic mass is 10.4. The molecule has 0 unspecified atom stereocenters. The number of nitrogens with one attached hydrogen (secondary N) is 1. The zero-order chi connectivity index (χ0) is 11.2. The Labute approximate surface area is 101 Å². The zero-order valence-corrected chi connectivity index (χ0v) is 10.6. The number of aromatic nitrogens is 1. The Hall–Kier alpha value is -0.490. The molecule has 0 aromatic carbocycles. The van der Waals surface area contributed by atoms with Gasteiger partial charge in [-0.3, -0.25) is 4.90 Å². The van der Waals surface area contributed by atoms with E-state index in [2.05, 4.69) is 20.6 Å². The summed E-state index contributed by atoms with van der Waals surface area (Å²) in [7, 11) is 0. The Kier molecular flexibility index (Phi) is 4.71. The van der Waals surface area contributed by atoms with Gasteiger partial charge in [-0.25, -0.2) is 4.98 Å². The van der Waals surface area contributed by atoms with Crippen molar-refractivity contribution in [3.05, 3.63) is 16.1 Å². The van der Waals surface area contributed by atoms with Crippen molar-refractivity contribution >= 4 is 11.3 Å². The predicted octanol–water partition coefficient (Wildman–Crippen LogP) is 0.873. The first kappa shape index (κ1) is 12.0. The third-order valence-electron chi connectivity index (χ3n) is 2.65. The minimum absolute atomic E-state index is 0.881. The van der Waals surface area contributed by atoms with Gasteiger partial charge in [-0.05, 0) is 6.92 Å². The number of hydrogen-bond acceptors (Lipinski definition) is 5. The van der Waals surface area contributed by atoms with Gasteiger partial charge in [0, 0.05) is 43.8 Å². The van der Waals surface area contributed by atoms with E-state index < -0.39 is 0 Å². The van der Waals surface area contributed by atoms with Gasteiger partial charge in [0.05, 0.1) is 13.2 Å². The topological polar surface area (TPSA) is 37.4 Å². The fraction of sp³-hybridized carbons (Fsp3) is 0.727. The number of morpholine rings is 1. The standard InChI is InChI=1S/C11H19N3OS/c1-10-9-16-11(13-10)8-12-2-3-14-4-6-15-7-5-14/h9,12H,2-8H2,1H3. The Morgan fingerprint density at radius 2 is 2.31 bits per heavy atom. The second-order valence-corrected chi connectivity index (χ2v) is 4.96. The Morgan fingerprint density at radius 1 is 1.50 bits per heavy atom. The smallest absolute Gasteiger partial charge is 0.107 e. The monoisotopic (exact) mass is 241 g/mol. The van der Waals surface area contributed by atoms with Crippen LogP contribution in [0.25, 0.3) is 0 Å². The van der Waals surface area contributed by atoms with Crippen LogP contribution in [0.3, 0.4) is 0 Å². The van der Waals surface area contributed by atoms with Crippen molar-refractivity contribution in [3.63, 3.8) is 0 Å². The highest BCUT2D eigenvalue weighted by Gasteiger charge is 2.08. The molecule has 5 heteroatoms. The van der Waals surface area contributed by atoms with Gasteiger partial charge in [-0.15, -0.1) is 11.3 Å². The van der Waals surface area contributed by atoms with Gasteiger partial charge >= 0.3 is 0 Å². The van der Waals surface area contributed by atoms with Crippen molar-refractivity contribution in [2.45, 2.75) is 13.5 Å². The van der Waals surface area contributed by atoms with Crippen LogP contribution in [0, 0.1) is 6.92 Å². The van der Waals surface area contributed by atoms with Gasteiger partial charge < -0.3 is 10.1 Å². The van der Waals surface area contributed by atoms with E-state index in [0.717, 1.165) is 51.6 Å². The Bertz CT molecular complexity index is 310. The van der Waals surface area contributed by atoms with E-state index >= 15 is 0 Å². The van der Waals surface area contributed by atoms with Gasteiger partial charge in [0.15, 0.2) is 0 Å². The average molecular weight is 241 g/mol. The largest absolute Gasteiger partial charge is 0.379 e. The molecule has 0 atom stereocenters. The SMILES string of the molecule is Cc1csc(CNCCN2CCOCC2)n1. The fourth-order valence-electron chi connectivity index (χ4n) is 1.74. The highest BCUT2D eigenvalue weighted by molar-refractivity contribution is 7.09. The molecule has 4 nitrogen and oxygen atoms in total. The number of hydrogen-bond donors (Lipinski definition) is 1. The highest BCUT2D eigenvalue weighted by atomic mass is 32.1. The third-order valence-corrected chi connectivity index (χ3v) is 3.62.